The summed E-state index contributed by atoms with van der Waals surface area (Å²) < 4.78 is 32.1. The molecule has 10 nitrogen and oxygen atoms in total. The number of thioether (sulfide) groups is 1. The van der Waals surface area contributed by atoms with E-state index in [1.807, 2.05) is 0 Å². The lowest BCUT2D eigenvalue weighted by Gasteiger charge is -2.08. The molecule has 0 unspecified atom stereocenters. The molecule has 3 rings (SSSR count). The molecule has 0 aliphatic rings. The average Bonchev–Trinajstić information content (AvgIpc) is 3.39. The minimum Gasteiger partial charge on any atom is -0.457 e. The van der Waals surface area contributed by atoms with Crippen molar-refractivity contribution < 1.29 is 22.7 Å². The topological polar surface area (TPSA) is 133 Å². The van der Waals surface area contributed by atoms with E-state index in [9.17, 15) is 18.0 Å². The maximum Gasteiger partial charge on any atom is 0.350 e. The van der Waals surface area contributed by atoms with Gasteiger partial charge in [-0.25, -0.2) is 18.2 Å². The van der Waals surface area contributed by atoms with Gasteiger partial charge in [-0.2, -0.15) is 0 Å². The summed E-state index contributed by atoms with van der Waals surface area (Å²) in [5.74, 6) is -1.04. The first kappa shape index (κ1) is 26.3. The summed E-state index contributed by atoms with van der Waals surface area (Å²) >= 11 is 2.11. The summed E-state index contributed by atoms with van der Waals surface area (Å²) in [5, 5.41) is 11.4. The first-order chi connectivity index (χ1) is 16.7. The number of rotatable bonds is 12. The van der Waals surface area contributed by atoms with Crippen molar-refractivity contribution in [3.8, 4) is 0 Å². The van der Waals surface area contributed by atoms with Gasteiger partial charge in [0.05, 0.1) is 16.3 Å². The first-order valence-corrected chi connectivity index (χ1v) is 13.7. The van der Waals surface area contributed by atoms with Crippen LogP contribution in [0.25, 0.3) is 0 Å². The molecule has 35 heavy (non-hydrogen) atoms. The first-order valence-electron chi connectivity index (χ1n) is 10.2. The van der Waals surface area contributed by atoms with Crippen molar-refractivity contribution in [3.63, 3.8) is 0 Å². The number of sulfone groups is 1. The molecule has 1 amide bonds. The van der Waals surface area contributed by atoms with Crippen LogP contribution in [0.2, 0.25) is 0 Å². The molecular formula is C22H23N5O5S3. The van der Waals surface area contributed by atoms with E-state index < -0.39 is 15.8 Å². The van der Waals surface area contributed by atoms with Gasteiger partial charge in [-0.15, -0.1) is 16.8 Å². The maximum absolute atomic E-state index is 12.8. The number of amides is 1. The number of carbonyl (C=O) groups is 2. The van der Waals surface area contributed by atoms with E-state index in [1.54, 1.807) is 35.8 Å². The van der Waals surface area contributed by atoms with Crippen LogP contribution in [0.4, 0.5) is 5.13 Å². The molecule has 0 spiro atoms. The molecule has 0 atom stereocenters. The standard InChI is InChI=1S/C22H23N5O5S3/c1-4-11-27-17(14-35(30,31)16-9-7-6-8-10-16)25-26-22(27)33-13-18(28)24-21-23-15(3)19(34-21)20(29)32-12-5-2/h4-10H,1-2,11-14H2,3H3,(H,23,24,28). The van der Waals surface area contributed by atoms with Crippen LogP contribution in [0.5, 0.6) is 0 Å². The molecule has 0 radical (unpaired) electrons. The summed E-state index contributed by atoms with van der Waals surface area (Å²) in [6.45, 7) is 9.20. The normalized spacial score (nSPS) is 11.1. The van der Waals surface area contributed by atoms with Crippen molar-refractivity contribution in [2.45, 2.75) is 29.3 Å². The van der Waals surface area contributed by atoms with Gasteiger partial charge in [-0.05, 0) is 19.1 Å². The van der Waals surface area contributed by atoms with Gasteiger partial charge in [0, 0.05) is 6.54 Å². The molecule has 13 heteroatoms. The second-order valence-electron chi connectivity index (χ2n) is 7.03. The third-order valence-corrected chi connectivity index (χ3v) is 8.07. The van der Waals surface area contributed by atoms with E-state index in [4.69, 9.17) is 4.74 Å². The fourth-order valence-corrected chi connectivity index (χ4v) is 5.79. The van der Waals surface area contributed by atoms with E-state index in [0.717, 1.165) is 23.1 Å². The van der Waals surface area contributed by atoms with Gasteiger partial charge < -0.3 is 14.6 Å². The Morgan fingerprint density at radius 3 is 2.63 bits per heavy atom. The summed E-state index contributed by atoms with van der Waals surface area (Å²) in [7, 11) is -3.62. The van der Waals surface area contributed by atoms with Crippen LogP contribution in [0, 0.1) is 6.92 Å². The minimum atomic E-state index is -3.62. The van der Waals surface area contributed by atoms with Crippen molar-refractivity contribution in [3.05, 3.63) is 72.0 Å². The molecule has 3 aromatic rings. The van der Waals surface area contributed by atoms with Gasteiger partial charge in [0.15, 0.2) is 20.1 Å². The van der Waals surface area contributed by atoms with E-state index in [2.05, 4.69) is 33.7 Å². The number of hydrogen-bond acceptors (Lipinski definition) is 10. The second kappa shape index (κ2) is 11.9. The van der Waals surface area contributed by atoms with Crippen LogP contribution in [0.1, 0.15) is 21.2 Å². The van der Waals surface area contributed by atoms with Crippen LogP contribution in [0.3, 0.4) is 0 Å². The fourth-order valence-electron chi connectivity index (χ4n) is 2.85. The van der Waals surface area contributed by atoms with E-state index in [0.29, 0.717) is 15.7 Å². The van der Waals surface area contributed by atoms with Crippen LogP contribution in [0.15, 0.2) is 65.7 Å². The van der Waals surface area contributed by atoms with Crippen molar-refractivity contribution in [2.24, 2.45) is 0 Å². The Morgan fingerprint density at radius 1 is 1.20 bits per heavy atom. The smallest absolute Gasteiger partial charge is 0.350 e. The van der Waals surface area contributed by atoms with Gasteiger partial charge >= 0.3 is 5.97 Å². The summed E-state index contributed by atoms with van der Waals surface area (Å²) in [6, 6.07) is 8.08. The second-order valence-corrected chi connectivity index (χ2v) is 11.0. The summed E-state index contributed by atoms with van der Waals surface area (Å²) in [6.07, 6.45) is 3.05. The number of carbonyl (C=O) groups excluding carboxylic acids is 2. The van der Waals surface area contributed by atoms with Gasteiger partial charge in [0.25, 0.3) is 0 Å². The van der Waals surface area contributed by atoms with Crippen molar-refractivity contribution in [1.82, 2.24) is 19.7 Å². The number of thiazole rings is 1. The quantitative estimate of drug-likeness (QED) is 0.211. The van der Waals surface area contributed by atoms with Gasteiger partial charge in [-0.3, -0.25) is 4.79 Å². The predicted octanol–water partition coefficient (Wildman–Crippen LogP) is 3.28. The zero-order valence-electron chi connectivity index (χ0n) is 18.8. The number of nitrogens with zero attached hydrogens (tertiary/aromatic N) is 4. The third kappa shape index (κ3) is 6.87. The molecule has 2 heterocycles. The van der Waals surface area contributed by atoms with Gasteiger partial charge in [0.2, 0.25) is 5.91 Å². The van der Waals surface area contributed by atoms with E-state index in [1.165, 1.54) is 18.2 Å². The Kier molecular flexibility index (Phi) is 8.95. The zero-order valence-corrected chi connectivity index (χ0v) is 21.3. The summed E-state index contributed by atoms with van der Waals surface area (Å²) in [5.41, 5.74) is 0.446. The van der Waals surface area contributed by atoms with Crippen molar-refractivity contribution in [1.29, 1.82) is 0 Å². The Bertz CT molecular complexity index is 1330. The molecule has 1 N–H and O–H groups in total. The lowest BCUT2D eigenvalue weighted by Crippen LogP contribution is -2.15. The number of aryl methyl sites for hydroxylation is 1. The number of benzene rings is 1. The molecule has 0 bridgehead atoms. The lowest BCUT2D eigenvalue weighted by atomic mass is 10.4. The Hall–Kier alpha value is -3.29. The molecule has 0 saturated heterocycles. The number of esters is 1. The van der Waals surface area contributed by atoms with Crippen LogP contribution >= 0.6 is 23.1 Å². The Morgan fingerprint density at radius 2 is 1.94 bits per heavy atom. The van der Waals surface area contributed by atoms with Crippen molar-refractivity contribution >= 4 is 49.9 Å². The van der Waals surface area contributed by atoms with Crippen molar-refractivity contribution in [2.75, 3.05) is 17.7 Å². The average molecular weight is 534 g/mol. The minimum absolute atomic E-state index is 0.0322. The molecule has 2 aromatic heterocycles. The molecule has 0 aliphatic heterocycles. The Labute approximate surface area is 211 Å². The number of nitrogens with one attached hydrogen (secondary N) is 1. The molecular weight excluding hydrogens is 510 g/mol. The fraction of sp³-hybridized carbons (Fsp3) is 0.227. The Balaban J connectivity index is 1.66. The third-order valence-electron chi connectivity index (χ3n) is 4.42. The van der Waals surface area contributed by atoms with E-state index in [-0.39, 0.29) is 46.4 Å². The monoisotopic (exact) mass is 533 g/mol. The predicted molar refractivity (Wildman–Crippen MR) is 134 cm³/mol. The van der Waals surface area contributed by atoms with Gasteiger partial charge in [0.1, 0.15) is 23.1 Å². The number of hydrogen-bond donors (Lipinski definition) is 1. The lowest BCUT2D eigenvalue weighted by molar-refractivity contribution is -0.113. The highest BCUT2D eigenvalue weighted by molar-refractivity contribution is 7.99. The maximum atomic E-state index is 12.8. The SMILES string of the molecule is C=CCOC(=O)c1sc(NC(=O)CSc2nnc(CS(=O)(=O)c3ccccc3)n2CC=C)nc1C. The molecule has 0 aliphatic carbocycles. The summed E-state index contributed by atoms with van der Waals surface area (Å²) in [4.78, 5) is 29.2. The number of allylic oxidation sites excluding steroid dienone is 1. The number of aromatic nitrogens is 4. The number of ether oxygens (including phenoxy) is 1. The van der Waals surface area contributed by atoms with Crippen LogP contribution < -0.4 is 5.32 Å². The highest BCUT2D eigenvalue weighted by Crippen LogP contribution is 2.25. The van der Waals surface area contributed by atoms with Crippen LogP contribution in [-0.2, 0) is 31.7 Å². The largest absolute Gasteiger partial charge is 0.457 e. The highest BCUT2D eigenvalue weighted by Gasteiger charge is 2.22. The molecule has 1 aromatic carbocycles. The molecule has 0 saturated carbocycles. The zero-order chi connectivity index (χ0) is 25.4. The number of anilines is 1. The van der Waals surface area contributed by atoms with Gasteiger partial charge in [-0.1, -0.05) is 60.0 Å². The highest BCUT2D eigenvalue weighted by atomic mass is 32.2. The molecule has 184 valence electrons. The molecule has 0 fully saturated rings. The van der Waals surface area contributed by atoms with E-state index >= 15 is 0 Å². The van der Waals surface area contributed by atoms with Crippen LogP contribution in [-0.4, -0.2) is 52.4 Å².